The minimum absolute atomic E-state index is 0.0912. The minimum atomic E-state index is -0.0912. The first kappa shape index (κ1) is 25.5. The Morgan fingerprint density at radius 3 is 2.07 bits per heavy atom. The number of benzene rings is 7. The van der Waals surface area contributed by atoms with Gasteiger partial charge in [-0.1, -0.05) is 92.7 Å². The van der Waals surface area contributed by atoms with E-state index >= 15 is 0 Å². The Hall–Kier alpha value is -5.80. The zero-order chi connectivity index (χ0) is 30.6. The second kappa shape index (κ2) is 9.12. The van der Waals surface area contributed by atoms with Crippen LogP contribution in [0.4, 0.5) is 17.1 Å². The number of anilines is 3. The number of hydrogen-bond donors (Lipinski definition) is 0. The van der Waals surface area contributed by atoms with E-state index in [0.717, 1.165) is 60.9 Å². The van der Waals surface area contributed by atoms with Gasteiger partial charge in [0, 0.05) is 38.6 Å². The molecule has 0 radical (unpaired) electrons. The molecule has 0 aliphatic heterocycles. The largest absolute Gasteiger partial charge is 0.456 e. The van der Waals surface area contributed by atoms with Crippen molar-refractivity contribution in [1.82, 2.24) is 0 Å². The Balaban J connectivity index is 1.21. The van der Waals surface area contributed by atoms with Crippen molar-refractivity contribution in [1.29, 1.82) is 0 Å². The summed E-state index contributed by atoms with van der Waals surface area (Å²) in [5, 5.41) is 6.70. The van der Waals surface area contributed by atoms with Crippen LogP contribution in [0.15, 0.2) is 148 Å². The number of furan rings is 2. The van der Waals surface area contributed by atoms with Gasteiger partial charge in [-0.15, -0.1) is 0 Å². The first-order chi connectivity index (χ1) is 22.6. The van der Waals surface area contributed by atoms with Gasteiger partial charge in [0.1, 0.15) is 22.3 Å². The maximum absolute atomic E-state index is 6.64. The topological polar surface area (TPSA) is 29.5 Å². The molecule has 0 N–H and O–H groups in total. The standard InChI is InChI=1S/C43H29NO2/c1-43(2)35-15-9-8-14-31(35)32-19-17-29(25-36(32)43)44(27-11-4-3-5-12-27)28-18-22-37-34(24-28)41-39(45-37)23-20-33-40-30-13-7-6-10-26(30)16-21-38(40)46-42(33)41/h3-25H,1-2H3. The van der Waals surface area contributed by atoms with Crippen molar-refractivity contribution in [2.45, 2.75) is 19.3 Å². The smallest absolute Gasteiger partial charge is 0.147 e. The lowest BCUT2D eigenvalue weighted by atomic mass is 9.82. The molecule has 218 valence electrons. The molecular weight excluding hydrogens is 562 g/mol. The van der Waals surface area contributed by atoms with Crippen molar-refractivity contribution < 1.29 is 8.83 Å². The summed E-state index contributed by atoms with van der Waals surface area (Å²) < 4.78 is 13.1. The molecule has 2 heterocycles. The maximum atomic E-state index is 6.64. The fourth-order valence-corrected chi connectivity index (χ4v) is 7.85. The zero-order valence-electron chi connectivity index (χ0n) is 25.5. The van der Waals surface area contributed by atoms with Gasteiger partial charge in [0.05, 0.1) is 5.39 Å². The molecule has 10 rings (SSSR count). The summed E-state index contributed by atoms with van der Waals surface area (Å²) >= 11 is 0. The van der Waals surface area contributed by atoms with Gasteiger partial charge in [-0.25, -0.2) is 0 Å². The fourth-order valence-electron chi connectivity index (χ4n) is 7.85. The molecule has 3 nitrogen and oxygen atoms in total. The van der Waals surface area contributed by atoms with E-state index in [9.17, 15) is 0 Å². The Bertz CT molecular complexity index is 2670. The van der Waals surface area contributed by atoms with E-state index in [-0.39, 0.29) is 5.41 Å². The van der Waals surface area contributed by atoms with Crippen molar-refractivity contribution in [3.05, 3.63) is 151 Å². The molecule has 0 atom stereocenters. The van der Waals surface area contributed by atoms with Gasteiger partial charge in [0.25, 0.3) is 0 Å². The van der Waals surface area contributed by atoms with Crippen molar-refractivity contribution in [2.75, 3.05) is 4.90 Å². The number of rotatable bonds is 3. The summed E-state index contributed by atoms with van der Waals surface area (Å²) in [5.41, 5.74) is 12.0. The SMILES string of the molecule is CC1(C)c2ccccc2-c2ccc(N(c3ccccc3)c3ccc4oc5ccc6c(oc7ccc8ccccc8c76)c5c4c3)cc21. The van der Waals surface area contributed by atoms with Crippen molar-refractivity contribution in [3.8, 4) is 11.1 Å². The summed E-state index contributed by atoms with van der Waals surface area (Å²) in [7, 11) is 0. The minimum Gasteiger partial charge on any atom is -0.456 e. The third-order valence-corrected chi connectivity index (χ3v) is 10.0. The lowest BCUT2D eigenvalue weighted by Crippen LogP contribution is -2.16. The van der Waals surface area contributed by atoms with Crippen LogP contribution in [0.5, 0.6) is 0 Å². The van der Waals surface area contributed by atoms with E-state index in [1.54, 1.807) is 0 Å². The molecule has 0 fully saturated rings. The first-order valence-corrected chi connectivity index (χ1v) is 15.9. The average Bonchev–Trinajstić information content (AvgIpc) is 3.73. The average molecular weight is 592 g/mol. The first-order valence-electron chi connectivity index (χ1n) is 15.9. The summed E-state index contributed by atoms with van der Waals surface area (Å²) in [6.45, 7) is 4.67. The fraction of sp³-hybridized carbons (Fsp3) is 0.0698. The molecule has 2 aromatic heterocycles. The van der Waals surface area contributed by atoms with Gasteiger partial charge in [0.2, 0.25) is 0 Å². The predicted molar refractivity (Wildman–Crippen MR) is 191 cm³/mol. The van der Waals surface area contributed by atoms with Gasteiger partial charge in [-0.3, -0.25) is 0 Å². The molecule has 3 heteroatoms. The van der Waals surface area contributed by atoms with Crippen LogP contribution in [0.2, 0.25) is 0 Å². The van der Waals surface area contributed by atoms with Crippen LogP contribution < -0.4 is 4.90 Å². The van der Waals surface area contributed by atoms with Crippen LogP contribution in [0, 0.1) is 0 Å². The van der Waals surface area contributed by atoms with Gasteiger partial charge >= 0.3 is 0 Å². The molecule has 0 spiro atoms. The predicted octanol–water partition coefficient (Wildman–Crippen LogP) is 12.4. The Labute approximate surface area is 265 Å². The number of hydrogen-bond acceptors (Lipinski definition) is 3. The molecule has 46 heavy (non-hydrogen) atoms. The number of para-hydroxylation sites is 1. The van der Waals surface area contributed by atoms with Crippen LogP contribution in [0.3, 0.4) is 0 Å². The highest BCUT2D eigenvalue weighted by atomic mass is 16.3. The molecule has 1 aliphatic rings. The monoisotopic (exact) mass is 591 g/mol. The van der Waals surface area contributed by atoms with Gasteiger partial charge in [-0.2, -0.15) is 0 Å². The normalized spacial score (nSPS) is 13.6. The summed E-state index contributed by atoms with van der Waals surface area (Å²) in [6, 6.07) is 49.8. The van der Waals surface area contributed by atoms with E-state index in [1.807, 2.05) is 0 Å². The van der Waals surface area contributed by atoms with E-state index in [1.165, 1.54) is 33.0 Å². The maximum Gasteiger partial charge on any atom is 0.147 e. The Morgan fingerprint density at radius 2 is 1.15 bits per heavy atom. The molecule has 0 amide bonds. The second-order valence-electron chi connectivity index (χ2n) is 12.9. The molecular formula is C43H29NO2. The van der Waals surface area contributed by atoms with Crippen molar-refractivity contribution in [3.63, 3.8) is 0 Å². The molecule has 0 unspecified atom stereocenters. The quantitative estimate of drug-likeness (QED) is 0.205. The number of nitrogens with zero attached hydrogens (tertiary/aromatic N) is 1. The third kappa shape index (κ3) is 3.43. The lowest BCUT2D eigenvalue weighted by Gasteiger charge is -2.28. The Kier molecular flexibility index (Phi) is 5.06. The Morgan fingerprint density at radius 1 is 0.457 bits per heavy atom. The van der Waals surface area contributed by atoms with Crippen LogP contribution in [0.1, 0.15) is 25.0 Å². The second-order valence-corrected chi connectivity index (χ2v) is 12.9. The summed E-state index contributed by atoms with van der Waals surface area (Å²) in [6.07, 6.45) is 0. The van der Waals surface area contributed by atoms with E-state index in [2.05, 4.69) is 158 Å². The zero-order valence-corrected chi connectivity index (χ0v) is 25.5. The van der Waals surface area contributed by atoms with E-state index in [4.69, 9.17) is 8.83 Å². The van der Waals surface area contributed by atoms with Crippen molar-refractivity contribution >= 4 is 71.7 Å². The summed E-state index contributed by atoms with van der Waals surface area (Å²) in [4.78, 5) is 2.35. The van der Waals surface area contributed by atoms with Gasteiger partial charge < -0.3 is 13.7 Å². The third-order valence-electron chi connectivity index (χ3n) is 10.0. The molecule has 9 aromatic rings. The van der Waals surface area contributed by atoms with Gasteiger partial charge in [0.15, 0.2) is 0 Å². The highest BCUT2D eigenvalue weighted by Crippen LogP contribution is 2.51. The van der Waals surface area contributed by atoms with Crippen LogP contribution >= 0.6 is 0 Å². The van der Waals surface area contributed by atoms with Crippen LogP contribution in [-0.2, 0) is 5.41 Å². The van der Waals surface area contributed by atoms with E-state index < -0.39 is 0 Å². The highest BCUT2D eigenvalue weighted by Gasteiger charge is 2.35. The molecule has 0 saturated heterocycles. The number of fused-ring (bicyclic) bond motifs is 12. The molecule has 1 aliphatic carbocycles. The van der Waals surface area contributed by atoms with Crippen molar-refractivity contribution in [2.24, 2.45) is 0 Å². The van der Waals surface area contributed by atoms with E-state index in [0.29, 0.717) is 0 Å². The van der Waals surface area contributed by atoms with Crippen LogP contribution in [0.25, 0.3) is 65.8 Å². The molecule has 7 aromatic carbocycles. The lowest BCUT2D eigenvalue weighted by molar-refractivity contribution is 0.660. The van der Waals surface area contributed by atoms with Crippen LogP contribution in [-0.4, -0.2) is 0 Å². The molecule has 0 bridgehead atoms. The summed E-state index contributed by atoms with van der Waals surface area (Å²) in [5.74, 6) is 0. The molecule has 0 saturated carbocycles. The highest BCUT2D eigenvalue weighted by molar-refractivity contribution is 6.26. The van der Waals surface area contributed by atoms with Gasteiger partial charge in [-0.05, 0) is 93.7 Å².